The quantitative estimate of drug-likeness (QED) is 0.873. The van der Waals surface area contributed by atoms with Crippen molar-refractivity contribution in [2.24, 2.45) is 0 Å². The molecule has 0 amide bonds. The Morgan fingerprint density at radius 1 is 1.30 bits per heavy atom. The van der Waals surface area contributed by atoms with Gasteiger partial charge in [-0.05, 0) is 46.7 Å². The molecule has 0 aliphatic heterocycles. The number of hydrogen-bond donors (Lipinski definition) is 1. The molecule has 20 heavy (non-hydrogen) atoms. The Balaban J connectivity index is 2.19. The summed E-state index contributed by atoms with van der Waals surface area (Å²) in [5, 5.41) is 5.34. The molecule has 0 saturated carbocycles. The summed E-state index contributed by atoms with van der Waals surface area (Å²) in [7, 11) is -1.22. The number of benzene rings is 1. The van der Waals surface area contributed by atoms with E-state index >= 15 is 0 Å². The van der Waals surface area contributed by atoms with Crippen LogP contribution < -0.4 is 5.32 Å². The van der Waals surface area contributed by atoms with Gasteiger partial charge in [-0.15, -0.1) is 11.3 Å². The monoisotopic (exact) mass is 373 g/mol. The molecule has 1 heterocycles. The second-order valence-corrected chi connectivity index (χ2v) is 8.55. The average Bonchev–Trinajstić information content (AvgIpc) is 2.81. The van der Waals surface area contributed by atoms with Crippen molar-refractivity contribution in [3.8, 4) is 0 Å². The topological polar surface area (TPSA) is 46.2 Å². The minimum Gasteiger partial charge on any atom is -0.313 e. The van der Waals surface area contributed by atoms with Gasteiger partial charge in [0.15, 0.2) is 9.84 Å². The average molecular weight is 374 g/mol. The summed E-state index contributed by atoms with van der Waals surface area (Å²) in [6.45, 7) is 0. The van der Waals surface area contributed by atoms with Crippen LogP contribution in [0.5, 0.6) is 0 Å². The van der Waals surface area contributed by atoms with Crippen LogP contribution in [0.1, 0.15) is 16.5 Å². The molecular weight excluding hydrogens is 358 g/mol. The van der Waals surface area contributed by atoms with Crippen molar-refractivity contribution in [2.45, 2.75) is 17.4 Å². The Morgan fingerprint density at radius 2 is 1.95 bits per heavy atom. The second kappa shape index (κ2) is 6.39. The Labute approximate surface area is 132 Å². The number of halogens is 1. The maximum atomic E-state index is 11.5. The molecule has 3 nitrogen and oxygen atoms in total. The highest BCUT2D eigenvalue weighted by Gasteiger charge is 2.13. The third-order valence-electron chi connectivity index (χ3n) is 3.09. The Kier molecular flexibility index (Phi) is 5.01. The van der Waals surface area contributed by atoms with Crippen LogP contribution in [0.4, 0.5) is 0 Å². The molecular formula is C14H16BrNO2S2. The second-order valence-electron chi connectivity index (χ2n) is 4.62. The number of thiophene rings is 1. The van der Waals surface area contributed by atoms with Gasteiger partial charge in [-0.3, -0.25) is 0 Å². The van der Waals surface area contributed by atoms with Crippen LogP contribution in [0.3, 0.4) is 0 Å². The van der Waals surface area contributed by atoms with E-state index in [0.717, 1.165) is 16.5 Å². The number of likely N-dealkylation sites (N-methyl/N-ethyl adjacent to an activating group) is 1. The van der Waals surface area contributed by atoms with E-state index < -0.39 is 9.84 Å². The summed E-state index contributed by atoms with van der Waals surface area (Å²) in [4.78, 5) is 1.64. The lowest BCUT2D eigenvalue weighted by Crippen LogP contribution is -2.18. The van der Waals surface area contributed by atoms with Gasteiger partial charge in [-0.2, -0.15) is 0 Å². The Morgan fingerprint density at radius 3 is 2.40 bits per heavy atom. The van der Waals surface area contributed by atoms with E-state index in [-0.39, 0.29) is 6.04 Å². The van der Waals surface area contributed by atoms with Crippen molar-refractivity contribution >= 4 is 37.1 Å². The molecule has 108 valence electrons. The minimum absolute atomic E-state index is 0.175. The third kappa shape index (κ3) is 3.91. The smallest absolute Gasteiger partial charge is 0.175 e. The highest BCUT2D eigenvalue weighted by Crippen LogP contribution is 2.26. The SMILES string of the molecule is CNC(Cc1cc(Br)cs1)c1ccc(S(C)(=O)=O)cc1. The lowest BCUT2D eigenvalue weighted by atomic mass is 10.0. The van der Waals surface area contributed by atoms with Crippen LogP contribution in [0, 0.1) is 0 Å². The number of sulfone groups is 1. The Bertz CT molecular complexity index is 677. The lowest BCUT2D eigenvalue weighted by Gasteiger charge is -2.16. The van der Waals surface area contributed by atoms with Crippen molar-refractivity contribution < 1.29 is 8.42 Å². The van der Waals surface area contributed by atoms with Gasteiger partial charge in [-0.25, -0.2) is 8.42 Å². The van der Waals surface area contributed by atoms with Gasteiger partial charge >= 0.3 is 0 Å². The molecule has 1 aromatic carbocycles. The van der Waals surface area contributed by atoms with Crippen LogP contribution >= 0.6 is 27.3 Å². The molecule has 0 saturated heterocycles. The van der Waals surface area contributed by atoms with Gasteiger partial charge < -0.3 is 5.32 Å². The van der Waals surface area contributed by atoms with Crippen LogP contribution in [0.2, 0.25) is 0 Å². The maximum Gasteiger partial charge on any atom is 0.175 e. The molecule has 1 N–H and O–H groups in total. The normalized spacial score (nSPS) is 13.3. The van der Waals surface area contributed by atoms with E-state index in [1.54, 1.807) is 23.5 Å². The van der Waals surface area contributed by atoms with Crippen molar-refractivity contribution in [3.63, 3.8) is 0 Å². The van der Waals surface area contributed by atoms with Gasteiger partial charge in [0, 0.05) is 33.4 Å². The zero-order valence-corrected chi connectivity index (χ0v) is 14.5. The summed E-state index contributed by atoms with van der Waals surface area (Å²) < 4.78 is 24.0. The van der Waals surface area contributed by atoms with Gasteiger partial charge in [0.25, 0.3) is 0 Å². The van der Waals surface area contributed by atoms with Crippen LogP contribution in [-0.4, -0.2) is 21.7 Å². The van der Waals surface area contributed by atoms with E-state index in [9.17, 15) is 8.42 Å². The number of rotatable bonds is 5. The van der Waals surface area contributed by atoms with Crippen LogP contribution in [0.25, 0.3) is 0 Å². The predicted molar refractivity (Wildman–Crippen MR) is 87.1 cm³/mol. The van der Waals surface area contributed by atoms with E-state index in [0.29, 0.717) is 4.90 Å². The molecule has 1 atom stereocenters. The van der Waals surface area contributed by atoms with Gasteiger partial charge in [0.1, 0.15) is 0 Å². The first kappa shape index (κ1) is 15.7. The summed E-state index contributed by atoms with van der Waals surface area (Å²) in [6.07, 6.45) is 2.10. The van der Waals surface area contributed by atoms with E-state index in [1.165, 1.54) is 11.1 Å². The molecule has 2 aromatic rings. The lowest BCUT2D eigenvalue weighted by molar-refractivity contribution is 0.593. The fourth-order valence-corrected chi connectivity index (χ4v) is 4.12. The number of hydrogen-bond acceptors (Lipinski definition) is 4. The summed E-state index contributed by atoms with van der Waals surface area (Å²) >= 11 is 5.17. The van der Waals surface area contributed by atoms with Crippen LogP contribution in [-0.2, 0) is 16.3 Å². The maximum absolute atomic E-state index is 11.5. The van der Waals surface area contributed by atoms with Crippen LogP contribution in [0.15, 0.2) is 45.1 Å². The first-order valence-corrected chi connectivity index (χ1v) is 9.67. The molecule has 2 rings (SSSR count). The van der Waals surface area contributed by atoms with Gasteiger partial charge in [0.2, 0.25) is 0 Å². The van der Waals surface area contributed by atoms with E-state index in [1.807, 2.05) is 19.2 Å². The Hall–Kier alpha value is -0.690. The van der Waals surface area contributed by atoms with Crippen molar-refractivity contribution in [1.82, 2.24) is 5.32 Å². The van der Waals surface area contributed by atoms with E-state index in [2.05, 4.69) is 32.7 Å². The molecule has 0 spiro atoms. The first-order valence-electron chi connectivity index (χ1n) is 6.10. The molecule has 0 fully saturated rings. The summed E-state index contributed by atoms with van der Waals surface area (Å²) in [5.74, 6) is 0. The zero-order chi connectivity index (χ0) is 14.8. The van der Waals surface area contributed by atoms with Crippen molar-refractivity contribution in [1.29, 1.82) is 0 Å². The number of nitrogens with one attached hydrogen (secondary N) is 1. The molecule has 0 aliphatic rings. The van der Waals surface area contributed by atoms with Crippen molar-refractivity contribution in [3.05, 3.63) is 50.6 Å². The third-order valence-corrected chi connectivity index (χ3v) is 5.93. The highest BCUT2D eigenvalue weighted by atomic mass is 79.9. The highest BCUT2D eigenvalue weighted by molar-refractivity contribution is 9.10. The summed E-state index contributed by atoms with van der Waals surface area (Å²) in [5.41, 5.74) is 1.09. The van der Waals surface area contributed by atoms with Gasteiger partial charge in [0.05, 0.1) is 4.90 Å². The molecule has 6 heteroatoms. The molecule has 1 unspecified atom stereocenters. The standard InChI is InChI=1S/C14H16BrNO2S2/c1-16-14(8-12-7-11(15)9-19-12)10-3-5-13(6-4-10)20(2,17)18/h3-7,9,14,16H,8H2,1-2H3. The fourth-order valence-electron chi connectivity index (χ4n) is 2.00. The molecule has 0 aliphatic carbocycles. The van der Waals surface area contributed by atoms with E-state index in [4.69, 9.17) is 0 Å². The first-order chi connectivity index (χ1) is 9.40. The fraction of sp³-hybridized carbons (Fsp3) is 0.286. The summed E-state index contributed by atoms with van der Waals surface area (Å²) in [6, 6.07) is 9.37. The molecule has 1 aromatic heterocycles. The van der Waals surface area contributed by atoms with Crippen molar-refractivity contribution in [2.75, 3.05) is 13.3 Å². The molecule has 0 bridgehead atoms. The molecule has 0 radical (unpaired) electrons. The predicted octanol–water partition coefficient (Wildman–Crippen LogP) is 3.42. The minimum atomic E-state index is -3.13. The van der Waals surface area contributed by atoms with Gasteiger partial charge in [-0.1, -0.05) is 12.1 Å². The zero-order valence-electron chi connectivity index (χ0n) is 11.3. The largest absolute Gasteiger partial charge is 0.313 e.